The first-order chi connectivity index (χ1) is 15.9. The summed E-state index contributed by atoms with van der Waals surface area (Å²) in [5.41, 5.74) is 4.06. The second-order valence-corrected chi connectivity index (χ2v) is 8.55. The van der Waals surface area contributed by atoms with Crippen molar-refractivity contribution in [3.63, 3.8) is 0 Å². The molecule has 1 aliphatic heterocycles. The molecular formula is C24H20ClFN6O. The van der Waals surface area contributed by atoms with E-state index in [1.54, 1.807) is 12.3 Å². The van der Waals surface area contributed by atoms with Crippen LogP contribution < -0.4 is 10.2 Å². The van der Waals surface area contributed by atoms with Crippen LogP contribution in [-0.2, 0) is 6.42 Å². The van der Waals surface area contributed by atoms with E-state index in [1.807, 2.05) is 36.9 Å². The minimum absolute atomic E-state index is 0.00588. The van der Waals surface area contributed by atoms with Gasteiger partial charge in [-0.1, -0.05) is 17.7 Å². The first kappa shape index (κ1) is 21.2. The van der Waals surface area contributed by atoms with Crippen molar-refractivity contribution in [1.82, 2.24) is 25.3 Å². The van der Waals surface area contributed by atoms with Crippen LogP contribution in [0.4, 0.5) is 15.9 Å². The Balaban J connectivity index is 1.58. The molecule has 1 amide bonds. The molecule has 33 heavy (non-hydrogen) atoms. The number of aromatic nitrogens is 4. The fourth-order valence-electron chi connectivity index (χ4n) is 3.97. The minimum Gasteiger partial charge on any atom is -0.348 e. The highest BCUT2D eigenvalue weighted by Crippen LogP contribution is 2.39. The molecule has 0 radical (unpaired) electrons. The van der Waals surface area contributed by atoms with E-state index >= 15 is 0 Å². The topological polar surface area (TPSA) is 83.9 Å². The summed E-state index contributed by atoms with van der Waals surface area (Å²) in [6, 6.07) is 8.81. The van der Waals surface area contributed by atoms with E-state index in [2.05, 4.69) is 25.3 Å². The van der Waals surface area contributed by atoms with Crippen LogP contribution in [0.1, 0.15) is 29.9 Å². The molecule has 0 saturated heterocycles. The molecule has 9 heteroatoms. The largest absolute Gasteiger partial charge is 0.348 e. The number of carbonyl (C=O) groups excluding carboxylic acids is 1. The number of nitrogens with zero attached hydrogens (tertiary/aromatic N) is 5. The van der Waals surface area contributed by atoms with E-state index < -0.39 is 5.82 Å². The third kappa shape index (κ3) is 3.98. The van der Waals surface area contributed by atoms with Gasteiger partial charge in [0.15, 0.2) is 0 Å². The first-order valence-corrected chi connectivity index (χ1v) is 10.9. The van der Waals surface area contributed by atoms with Crippen LogP contribution in [0.2, 0.25) is 5.02 Å². The lowest BCUT2D eigenvalue weighted by Gasteiger charge is -2.20. The van der Waals surface area contributed by atoms with E-state index in [4.69, 9.17) is 11.6 Å². The molecule has 0 fully saturated rings. The molecule has 0 atom stereocenters. The molecule has 5 rings (SSSR count). The Morgan fingerprint density at radius 2 is 2.03 bits per heavy atom. The molecule has 0 unspecified atom stereocenters. The molecular weight excluding hydrogens is 443 g/mol. The Hall–Kier alpha value is -3.65. The van der Waals surface area contributed by atoms with Crippen LogP contribution >= 0.6 is 11.6 Å². The quantitative estimate of drug-likeness (QED) is 0.472. The summed E-state index contributed by atoms with van der Waals surface area (Å²) < 4.78 is 13.9. The molecule has 0 saturated carbocycles. The summed E-state index contributed by atoms with van der Waals surface area (Å²) in [5.74, 6) is -0.000978. The average Bonchev–Trinajstić information content (AvgIpc) is 3.20. The lowest BCUT2D eigenvalue weighted by atomic mass is 10.1. The van der Waals surface area contributed by atoms with Crippen molar-refractivity contribution in [3.05, 3.63) is 71.2 Å². The number of rotatable bonds is 4. The van der Waals surface area contributed by atoms with Gasteiger partial charge in [0, 0.05) is 29.2 Å². The summed E-state index contributed by atoms with van der Waals surface area (Å²) in [6.07, 6.45) is 5.26. The van der Waals surface area contributed by atoms with Gasteiger partial charge in [-0.2, -0.15) is 0 Å². The molecule has 7 nitrogen and oxygen atoms in total. The molecule has 0 bridgehead atoms. The zero-order valence-corrected chi connectivity index (χ0v) is 18.8. The third-order valence-electron chi connectivity index (χ3n) is 5.47. The number of nitrogens with one attached hydrogen (secondary N) is 1. The van der Waals surface area contributed by atoms with Crippen molar-refractivity contribution >= 4 is 39.9 Å². The smallest absolute Gasteiger partial charge is 0.271 e. The number of hydrogen-bond acceptors (Lipinski definition) is 6. The molecule has 166 valence electrons. The Kier molecular flexibility index (Phi) is 5.38. The molecule has 4 aromatic rings. The van der Waals surface area contributed by atoms with Gasteiger partial charge in [0.25, 0.3) is 5.91 Å². The number of anilines is 2. The van der Waals surface area contributed by atoms with Crippen molar-refractivity contribution < 1.29 is 9.18 Å². The number of halogens is 2. The second kappa shape index (κ2) is 8.37. The SMILES string of the molecule is CC(C)NC(=O)c1cncc(-c2ccc3ncnc(N4CCc5cc(F)c(Cl)cc54)c3c2)n1. The predicted octanol–water partition coefficient (Wildman–Crippen LogP) is 4.71. The highest BCUT2D eigenvalue weighted by molar-refractivity contribution is 6.31. The Morgan fingerprint density at radius 1 is 1.18 bits per heavy atom. The Bertz CT molecular complexity index is 1390. The Labute approximate surface area is 194 Å². The highest BCUT2D eigenvalue weighted by Gasteiger charge is 2.25. The molecule has 3 heterocycles. The van der Waals surface area contributed by atoms with Crippen molar-refractivity contribution in [2.75, 3.05) is 11.4 Å². The summed E-state index contributed by atoms with van der Waals surface area (Å²) >= 11 is 6.06. The monoisotopic (exact) mass is 462 g/mol. The summed E-state index contributed by atoms with van der Waals surface area (Å²) in [6.45, 7) is 4.42. The van der Waals surface area contributed by atoms with Gasteiger partial charge in [-0.15, -0.1) is 0 Å². The summed E-state index contributed by atoms with van der Waals surface area (Å²) in [4.78, 5) is 32.0. The van der Waals surface area contributed by atoms with E-state index in [9.17, 15) is 9.18 Å². The van der Waals surface area contributed by atoms with Crippen molar-refractivity contribution in [1.29, 1.82) is 0 Å². The van der Waals surface area contributed by atoms with Crippen molar-refractivity contribution in [2.24, 2.45) is 0 Å². The maximum atomic E-state index is 13.9. The lowest BCUT2D eigenvalue weighted by molar-refractivity contribution is 0.0938. The van der Waals surface area contributed by atoms with Crippen LogP contribution in [0.15, 0.2) is 49.1 Å². The standard InChI is InChI=1S/C24H20ClFN6O/c1-13(2)30-24(33)21-11-27-10-20(31-21)14-3-4-19-16(7-14)23(29-12-28-19)32-6-5-15-8-18(26)17(25)9-22(15)32/h3-4,7-13H,5-6H2,1-2H3,(H,30,33). The number of carbonyl (C=O) groups is 1. The fraction of sp³-hybridized carbons (Fsp3) is 0.208. The fourth-order valence-corrected chi connectivity index (χ4v) is 4.13. The highest BCUT2D eigenvalue weighted by atomic mass is 35.5. The maximum absolute atomic E-state index is 13.9. The average molecular weight is 463 g/mol. The third-order valence-corrected chi connectivity index (χ3v) is 5.76. The van der Waals surface area contributed by atoms with Gasteiger partial charge in [0.2, 0.25) is 0 Å². The van der Waals surface area contributed by atoms with Gasteiger partial charge in [0.1, 0.15) is 23.7 Å². The molecule has 1 N–H and O–H groups in total. The second-order valence-electron chi connectivity index (χ2n) is 8.14. The van der Waals surface area contributed by atoms with E-state index in [-0.39, 0.29) is 22.7 Å². The van der Waals surface area contributed by atoms with Crippen LogP contribution in [0.5, 0.6) is 0 Å². The molecule has 0 aliphatic carbocycles. The lowest BCUT2D eigenvalue weighted by Crippen LogP contribution is -2.30. The number of hydrogen-bond donors (Lipinski definition) is 1. The molecule has 2 aromatic carbocycles. The van der Waals surface area contributed by atoms with E-state index in [1.165, 1.54) is 18.6 Å². The normalized spacial score (nSPS) is 12.9. The predicted molar refractivity (Wildman–Crippen MR) is 125 cm³/mol. The molecule has 0 spiro atoms. The minimum atomic E-state index is -0.424. The van der Waals surface area contributed by atoms with Gasteiger partial charge in [-0.25, -0.2) is 19.3 Å². The van der Waals surface area contributed by atoms with Crippen LogP contribution in [0.25, 0.3) is 22.2 Å². The number of fused-ring (bicyclic) bond motifs is 2. The van der Waals surface area contributed by atoms with Gasteiger partial charge in [-0.05, 0) is 50.1 Å². The molecule has 2 aromatic heterocycles. The Morgan fingerprint density at radius 3 is 2.85 bits per heavy atom. The summed E-state index contributed by atoms with van der Waals surface area (Å²) in [7, 11) is 0. The van der Waals surface area contributed by atoms with Crippen LogP contribution in [-0.4, -0.2) is 38.4 Å². The zero-order chi connectivity index (χ0) is 23.1. The maximum Gasteiger partial charge on any atom is 0.271 e. The van der Waals surface area contributed by atoms with Gasteiger partial charge in [0.05, 0.1) is 28.6 Å². The summed E-state index contributed by atoms with van der Waals surface area (Å²) in [5, 5.41) is 3.71. The van der Waals surface area contributed by atoms with Crippen LogP contribution in [0, 0.1) is 5.82 Å². The van der Waals surface area contributed by atoms with Crippen molar-refractivity contribution in [3.8, 4) is 11.3 Å². The van der Waals surface area contributed by atoms with Crippen molar-refractivity contribution in [2.45, 2.75) is 26.3 Å². The zero-order valence-electron chi connectivity index (χ0n) is 18.0. The van der Waals surface area contributed by atoms with Gasteiger partial charge < -0.3 is 10.2 Å². The number of amides is 1. The number of benzene rings is 2. The van der Waals surface area contributed by atoms with Gasteiger partial charge >= 0.3 is 0 Å². The van der Waals surface area contributed by atoms with Crippen LogP contribution in [0.3, 0.4) is 0 Å². The van der Waals surface area contributed by atoms with E-state index in [0.717, 1.165) is 27.7 Å². The first-order valence-electron chi connectivity index (χ1n) is 10.5. The van der Waals surface area contributed by atoms with E-state index in [0.29, 0.717) is 24.5 Å². The van der Waals surface area contributed by atoms with Gasteiger partial charge in [-0.3, -0.25) is 9.78 Å². The molecule has 1 aliphatic rings.